The van der Waals surface area contributed by atoms with Crippen molar-refractivity contribution in [3.8, 4) is 0 Å². The van der Waals surface area contributed by atoms with Crippen molar-refractivity contribution in [1.29, 1.82) is 0 Å². The average Bonchev–Trinajstić information content (AvgIpc) is 2.78. The standard InChI is InChI=1S/C14H19N3O4/c1-3-15-11-6-4-5-10(12(11)17(20)21)13(18)16-8-7-14(2,19)9-16/h4-6,15,19H,3,7-9H2,1-2H3. The highest BCUT2D eigenvalue weighted by molar-refractivity contribution is 6.00. The molecular weight excluding hydrogens is 274 g/mol. The van der Waals surface area contributed by atoms with Gasteiger partial charge in [-0.05, 0) is 32.4 Å². The summed E-state index contributed by atoms with van der Waals surface area (Å²) < 4.78 is 0. The van der Waals surface area contributed by atoms with Crippen LogP contribution in [0.3, 0.4) is 0 Å². The molecule has 0 aromatic heterocycles. The average molecular weight is 293 g/mol. The summed E-state index contributed by atoms with van der Waals surface area (Å²) in [6.07, 6.45) is 0.472. The highest BCUT2D eigenvalue weighted by atomic mass is 16.6. The summed E-state index contributed by atoms with van der Waals surface area (Å²) in [6.45, 7) is 4.60. The van der Waals surface area contributed by atoms with Gasteiger partial charge in [-0.2, -0.15) is 0 Å². The Morgan fingerprint density at radius 1 is 1.57 bits per heavy atom. The fourth-order valence-electron chi connectivity index (χ4n) is 2.53. The molecule has 1 aliphatic rings. The van der Waals surface area contributed by atoms with Crippen molar-refractivity contribution in [3.05, 3.63) is 33.9 Å². The second kappa shape index (κ2) is 5.69. The smallest absolute Gasteiger partial charge is 0.305 e. The predicted molar refractivity (Wildman–Crippen MR) is 78.4 cm³/mol. The minimum absolute atomic E-state index is 0.0520. The van der Waals surface area contributed by atoms with Crippen molar-refractivity contribution in [2.24, 2.45) is 0 Å². The largest absolute Gasteiger partial charge is 0.388 e. The summed E-state index contributed by atoms with van der Waals surface area (Å²) in [5.74, 6) is -0.417. The number of hydrogen-bond donors (Lipinski definition) is 2. The molecule has 1 aliphatic heterocycles. The Bertz CT molecular complexity index is 571. The second-order valence-corrected chi connectivity index (χ2v) is 5.46. The SMILES string of the molecule is CCNc1cccc(C(=O)N2CCC(C)(O)C2)c1[N+](=O)[O-]. The predicted octanol–water partition coefficient (Wildman–Crippen LogP) is 1.62. The van der Waals surface area contributed by atoms with Crippen LogP contribution in [0.2, 0.25) is 0 Å². The molecule has 1 saturated heterocycles. The van der Waals surface area contributed by atoms with Crippen LogP contribution in [0.5, 0.6) is 0 Å². The third-order valence-electron chi connectivity index (χ3n) is 3.56. The van der Waals surface area contributed by atoms with E-state index >= 15 is 0 Å². The normalized spacial score (nSPS) is 21.4. The quantitative estimate of drug-likeness (QED) is 0.649. The molecular formula is C14H19N3O4. The Kier molecular flexibility index (Phi) is 4.13. The number of carbonyl (C=O) groups is 1. The van der Waals surface area contributed by atoms with E-state index in [-0.39, 0.29) is 17.8 Å². The van der Waals surface area contributed by atoms with Crippen molar-refractivity contribution in [2.75, 3.05) is 25.0 Å². The Morgan fingerprint density at radius 2 is 2.29 bits per heavy atom. The minimum Gasteiger partial charge on any atom is -0.388 e. The van der Waals surface area contributed by atoms with Crippen molar-refractivity contribution in [2.45, 2.75) is 25.9 Å². The van der Waals surface area contributed by atoms with Crippen molar-refractivity contribution in [1.82, 2.24) is 4.90 Å². The van der Waals surface area contributed by atoms with Gasteiger partial charge in [-0.25, -0.2) is 0 Å². The molecule has 0 spiro atoms. The van der Waals surface area contributed by atoms with E-state index in [1.54, 1.807) is 19.1 Å². The summed E-state index contributed by atoms with van der Waals surface area (Å²) in [5.41, 5.74) is -0.754. The summed E-state index contributed by atoms with van der Waals surface area (Å²) in [7, 11) is 0. The van der Waals surface area contributed by atoms with E-state index in [9.17, 15) is 20.0 Å². The first kappa shape index (κ1) is 15.2. The molecule has 0 saturated carbocycles. The van der Waals surface area contributed by atoms with Gasteiger partial charge in [0.1, 0.15) is 11.3 Å². The number of nitro groups is 1. The van der Waals surface area contributed by atoms with Crippen LogP contribution in [-0.4, -0.2) is 46.1 Å². The van der Waals surface area contributed by atoms with Gasteiger partial charge < -0.3 is 15.3 Å². The molecule has 7 nitrogen and oxygen atoms in total. The van der Waals surface area contributed by atoms with E-state index in [0.29, 0.717) is 25.2 Å². The van der Waals surface area contributed by atoms with E-state index in [1.165, 1.54) is 11.0 Å². The van der Waals surface area contributed by atoms with Gasteiger partial charge in [-0.3, -0.25) is 14.9 Å². The highest BCUT2D eigenvalue weighted by Gasteiger charge is 2.36. The van der Waals surface area contributed by atoms with Crippen LogP contribution in [0.25, 0.3) is 0 Å². The first-order chi connectivity index (χ1) is 9.85. The maximum Gasteiger partial charge on any atom is 0.305 e. The number of rotatable bonds is 4. The molecule has 1 heterocycles. The maximum atomic E-state index is 12.5. The molecule has 1 aromatic carbocycles. The van der Waals surface area contributed by atoms with Gasteiger partial charge in [0.05, 0.1) is 10.5 Å². The van der Waals surface area contributed by atoms with E-state index in [1.807, 2.05) is 6.92 Å². The molecule has 0 bridgehead atoms. The number of nitrogens with one attached hydrogen (secondary N) is 1. The fraction of sp³-hybridized carbons (Fsp3) is 0.500. The number of para-hydroxylation sites is 1. The third-order valence-corrected chi connectivity index (χ3v) is 3.56. The Labute approximate surface area is 122 Å². The lowest BCUT2D eigenvalue weighted by Gasteiger charge is -2.19. The molecule has 7 heteroatoms. The van der Waals surface area contributed by atoms with E-state index < -0.39 is 16.4 Å². The number of benzene rings is 1. The molecule has 21 heavy (non-hydrogen) atoms. The second-order valence-electron chi connectivity index (χ2n) is 5.46. The topological polar surface area (TPSA) is 95.7 Å². The van der Waals surface area contributed by atoms with E-state index in [0.717, 1.165) is 0 Å². The van der Waals surface area contributed by atoms with Gasteiger partial charge in [0, 0.05) is 19.6 Å². The third kappa shape index (κ3) is 3.13. The number of carbonyl (C=O) groups excluding carboxylic acids is 1. The molecule has 114 valence electrons. The molecule has 0 aliphatic carbocycles. The number of β-amino-alcohol motifs (C(OH)–C–C–N with tert-alkyl or cyclic N) is 1. The van der Waals surface area contributed by atoms with Crippen molar-refractivity contribution in [3.63, 3.8) is 0 Å². The van der Waals surface area contributed by atoms with Crippen LogP contribution in [0.4, 0.5) is 11.4 Å². The number of nitrogens with zero attached hydrogens (tertiary/aromatic N) is 2. The van der Waals surface area contributed by atoms with Crippen LogP contribution in [0.1, 0.15) is 30.6 Å². The number of anilines is 1. The van der Waals surface area contributed by atoms with Gasteiger partial charge in [0.25, 0.3) is 5.91 Å². The number of likely N-dealkylation sites (tertiary alicyclic amines) is 1. The van der Waals surface area contributed by atoms with Gasteiger partial charge in [-0.1, -0.05) is 6.07 Å². The van der Waals surface area contributed by atoms with Gasteiger partial charge in [0.2, 0.25) is 0 Å². The van der Waals surface area contributed by atoms with Crippen molar-refractivity contribution < 1.29 is 14.8 Å². The summed E-state index contributed by atoms with van der Waals surface area (Å²) >= 11 is 0. The zero-order valence-electron chi connectivity index (χ0n) is 12.1. The molecule has 0 radical (unpaired) electrons. The zero-order chi connectivity index (χ0) is 15.6. The Morgan fingerprint density at radius 3 is 2.81 bits per heavy atom. The van der Waals surface area contributed by atoms with Gasteiger partial charge in [-0.15, -0.1) is 0 Å². The fourth-order valence-corrected chi connectivity index (χ4v) is 2.53. The van der Waals surface area contributed by atoms with Crippen LogP contribution in [0, 0.1) is 10.1 Å². The number of amides is 1. The summed E-state index contributed by atoms with van der Waals surface area (Å²) in [6, 6.07) is 4.65. The van der Waals surface area contributed by atoms with E-state index in [4.69, 9.17) is 0 Å². The summed E-state index contributed by atoms with van der Waals surface area (Å²) in [4.78, 5) is 24.7. The Balaban J connectivity index is 2.37. The highest BCUT2D eigenvalue weighted by Crippen LogP contribution is 2.31. The molecule has 1 atom stereocenters. The summed E-state index contributed by atoms with van der Waals surface area (Å²) in [5, 5.41) is 24.1. The van der Waals surface area contributed by atoms with Crippen LogP contribution < -0.4 is 5.32 Å². The van der Waals surface area contributed by atoms with Crippen LogP contribution in [-0.2, 0) is 0 Å². The Hall–Kier alpha value is -2.15. The number of hydrogen-bond acceptors (Lipinski definition) is 5. The molecule has 1 aromatic rings. The number of nitro benzene ring substituents is 1. The lowest BCUT2D eigenvalue weighted by Crippen LogP contribution is -2.34. The van der Waals surface area contributed by atoms with Crippen molar-refractivity contribution >= 4 is 17.3 Å². The monoisotopic (exact) mass is 293 g/mol. The molecule has 1 fully saturated rings. The lowest BCUT2D eigenvalue weighted by atomic mass is 10.1. The van der Waals surface area contributed by atoms with Crippen LogP contribution in [0.15, 0.2) is 18.2 Å². The number of aliphatic hydroxyl groups is 1. The van der Waals surface area contributed by atoms with Gasteiger partial charge in [0.15, 0.2) is 0 Å². The zero-order valence-corrected chi connectivity index (χ0v) is 12.1. The molecule has 2 rings (SSSR count). The molecule has 2 N–H and O–H groups in total. The first-order valence-corrected chi connectivity index (χ1v) is 6.88. The minimum atomic E-state index is -0.927. The first-order valence-electron chi connectivity index (χ1n) is 6.88. The molecule has 1 unspecified atom stereocenters. The van der Waals surface area contributed by atoms with Crippen LogP contribution >= 0.6 is 0 Å². The van der Waals surface area contributed by atoms with Gasteiger partial charge >= 0.3 is 5.69 Å². The lowest BCUT2D eigenvalue weighted by molar-refractivity contribution is -0.384. The maximum absolute atomic E-state index is 12.5. The molecule has 1 amide bonds. The van der Waals surface area contributed by atoms with E-state index in [2.05, 4.69) is 5.32 Å².